The summed E-state index contributed by atoms with van der Waals surface area (Å²) in [6.45, 7) is 6.69. The van der Waals surface area contributed by atoms with E-state index in [0.29, 0.717) is 29.0 Å². The van der Waals surface area contributed by atoms with Gasteiger partial charge in [0.2, 0.25) is 0 Å². The van der Waals surface area contributed by atoms with Crippen LogP contribution in [0.1, 0.15) is 56.8 Å². The fraction of sp³-hybridized carbons (Fsp3) is 0.588. The van der Waals surface area contributed by atoms with Gasteiger partial charge in [-0.2, -0.15) is 0 Å². The molecule has 0 heterocycles. The number of esters is 1. The number of nitrogen functional groups attached to an aromatic ring is 1. The quantitative estimate of drug-likeness (QED) is 0.677. The summed E-state index contributed by atoms with van der Waals surface area (Å²) in [4.78, 5) is 11.8. The van der Waals surface area contributed by atoms with Crippen LogP contribution in [0.25, 0.3) is 0 Å². The molecule has 0 bridgehead atoms. The normalized spacial score (nSPS) is 18.2. The maximum atomic E-state index is 11.8. The molecule has 2 N–H and O–H groups in total. The maximum Gasteiger partial charge on any atom is 0.340 e. The van der Waals surface area contributed by atoms with E-state index in [-0.39, 0.29) is 6.10 Å². The third kappa shape index (κ3) is 3.90. The van der Waals surface area contributed by atoms with Crippen molar-refractivity contribution in [3.63, 3.8) is 0 Å². The topological polar surface area (TPSA) is 61.5 Å². The Labute approximate surface area is 126 Å². The maximum absolute atomic E-state index is 11.8. The number of hydrogen-bond donors (Lipinski definition) is 1. The summed E-state index contributed by atoms with van der Waals surface area (Å²) in [5.41, 5.74) is 7.22. The van der Waals surface area contributed by atoms with Crippen LogP contribution in [0.5, 0.6) is 5.75 Å². The first-order valence-electron chi connectivity index (χ1n) is 7.65. The van der Waals surface area contributed by atoms with E-state index >= 15 is 0 Å². The highest BCUT2D eigenvalue weighted by molar-refractivity contribution is 5.96. The van der Waals surface area contributed by atoms with Gasteiger partial charge < -0.3 is 15.2 Å². The van der Waals surface area contributed by atoms with Crippen LogP contribution in [-0.4, -0.2) is 18.7 Å². The van der Waals surface area contributed by atoms with Gasteiger partial charge in [0.1, 0.15) is 5.75 Å². The molecule has 0 spiro atoms. The molecule has 0 saturated heterocycles. The Bertz CT molecular complexity index is 501. The largest absolute Gasteiger partial charge is 0.488 e. The van der Waals surface area contributed by atoms with Gasteiger partial charge in [-0.25, -0.2) is 4.79 Å². The molecule has 21 heavy (non-hydrogen) atoms. The molecular formula is C17H25NO3. The van der Waals surface area contributed by atoms with E-state index in [0.717, 1.165) is 25.7 Å². The van der Waals surface area contributed by atoms with Gasteiger partial charge in [-0.15, -0.1) is 0 Å². The fourth-order valence-corrected chi connectivity index (χ4v) is 2.70. The van der Waals surface area contributed by atoms with Gasteiger partial charge in [0, 0.05) is 0 Å². The minimum atomic E-state index is -0.398. The van der Waals surface area contributed by atoms with Crippen LogP contribution in [0.2, 0.25) is 0 Å². The predicted molar refractivity (Wildman–Crippen MR) is 83.5 cm³/mol. The number of ether oxygens (including phenoxy) is 2. The Morgan fingerprint density at radius 3 is 2.62 bits per heavy atom. The van der Waals surface area contributed by atoms with E-state index in [1.165, 1.54) is 0 Å². The number of para-hydroxylation sites is 1. The number of rotatable bonds is 4. The standard InChI is InChI=1S/C17H25NO3/c1-4-20-16(19)13-6-5-7-14(15(13)18)21-12-8-10-17(2,3)11-9-12/h5-7,12H,4,8-11,18H2,1-3H3. The average molecular weight is 291 g/mol. The summed E-state index contributed by atoms with van der Waals surface area (Å²) in [5.74, 6) is 0.190. The van der Waals surface area contributed by atoms with Crippen molar-refractivity contribution in [2.45, 2.75) is 52.6 Å². The molecule has 1 saturated carbocycles. The fourth-order valence-electron chi connectivity index (χ4n) is 2.70. The predicted octanol–water partition coefficient (Wildman–Crippen LogP) is 3.79. The molecule has 1 aliphatic rings. The second kappa shape index (κ2) is 6.37. The molecule has 4 heteroatoms. The molecule has 116 valence electrons. The van der Waals surface area contributed by atoms with E-state index in [2.05, 4.69) is 13.8 Å². The summed E-state index contributed by atoms with van der Waals surface area (Å²) >= 11 is 0. The molecule has 0 amide bonds. The molecular weight excluding hydrogens is 266 g/mol. The van der Waals surface area contributed by atoms with Crippen LogP contribution in [0, 0.1) is 5.41 Å². The molecule has 1 aliphatic carbocycles. The number of benzene rings is 1. The van der Waals surface area contributed by atoms with E-state index in [1.807, 2.05) is 6.07 Å². The van der Waals surface area contributed by atoms with Crippen LogP contribution in [0.15, 0.2) is 18.2 Å². The summed E-state index contributed by atoms with van der Waals surface area (Å²) in [6.07, 6.45) is 4.52. The van der Waals surface area contributed by atoms with Gasteiger partial charge in [0.15, 0.2) is 0 Å². The Morgan fingerprint density at radius 1 is 1.33 bits per heavy atom. The SMILES string of the molecule is CCOC(=O)c1cccc(OC2CCC(C)(C)CC2)c1N. The van der Waals surface area contributed by atoms with Crippen molar-refractivity contribution in [3.05, 3.63) is 23.8 Å². The van der Waals surface area contributed by atoms with E-state index in [4.69, 9.17) is 15.2 Å². The molecule has 4 nitrogen and oxygen atoms in total. The number of carbonyl (C=O) groups excluding carboxylic acids is 1. The highest BCUT2D eigenvalue weighted by atomic mass is 16.5. The van der Waals surface area contributed by atoms with Crippen molar-refractivity contribution < 1.29 is 14.3 Å². The zero-order valence-corrected chi connectivity index (χ0v) is 13.1. The Balaban J connectivity index is 2.07. The summed E-state index contributed by atoms with van der Waals surface area (Å²) in [5, 5.41) is 0. The van der Waals surface area contributed by atoms with Gasteiger partial charge in [0.05, 0.1) is 24.0 Å². The Kier molecular flexibility index (Phi) is 4.76. The summed E-state index contributed by atoms with van der Waals surface area (Å²) < 4.78 is 11.0. The van der Waals surface area contributed by atoms with Crippen molar-refractivity contribution in [2.75, 3.05) is 12.3 Å². The first-order chi connectivity index (χ1) is 9.93. The minimum absolute atomic E-state index is 0.178. The molecule has 0 radical (unpaired) electrons. The molecule has 0 unspecified atom stereocenters. The van der Waals surface area contributed by atoms with Gasteiger partial charge in [-0.05, 0) is 50.2 Å². The lowest BCUT2D eigenvalue weighted by atomic mass is 9.76. The van der Waals surface area contributed by atoms with Crippen LogP contribution in [-0.2, 0) is 4.74 Å². The highest BCUT2D eigenvalue weighted by Crippen LogP contribution is 2.37. The van der Waals surface area contributed by atoms with Crippen molar-refractivity contribution >= 4 is 11.7 Å². The molecule has 0 aliphatic heterocycles. The number of hydrogen-bond acceptors (Lipinski definition) is 4. The third-order valence-corrected chi connectivity index (χ3v) is 4.14. The first kappa shape index (κ1) is 15.7. The second-order valence-corrected chi connectivity index (χ2v) is 6.42. The van der Waals surface area contributed by atoms with Crippen molar-refractivity contribution in [1.29, 1.82) is 0 Å². The Hall–Kier alpha value is -1.71. The van der Waals surface area contributed by atoms with Gasteiger partial charge in [-0.1, -0.05) is 19.9 Å². The van der Waals surface area contributed by atoms with E-state index in [1.54, 1.807) is 19.1 Å². The van der Waals surface area contributed by atoms with Crippen molar-refractivity contribution in [2.24, 2.45) is 5.41 Å². The van der Waals surface area contributed by atoms with Crippen molar-refractivity contribution in [3.8, 4) is 5.75 Å². The number of carbonyl (C=O) groups is 1. The summed E-state index contributed by atoms with van der Waals surface area (Å²) in [7, 11) is 0. The zero-order chi connectivity index (χ0) is 15.5. The molecule has 0 aromatic heterocycles. The van der Waals surface area contributed by atoms with Crippen LogP contribution in [0.3, 0.4) is 0 Å². The zero-order valence-electron chi connectivity index (χ0n) is 13.1. The second-order valence-electron chi connectivity index (χ2n) is 6.42. The van der Waals surface area contributed by atoms with Gasteiger partial charge >= 0.3 is 5.97 Å². The van der Waals surface area contributed by atoms with Crippen LogP contribution < -0.4 is 10.5 Å². The van der Waals surface area contributed by atoms with Crippen molar-refractivity contribution in [1.82, 2.24) is 0 Å². The van der Waals surface area contributed by atoms with Gasteiger partial charge in [-0.3, -0.25) is 0 Å². The van der Waals surface area contributed by atoms with Crippen LogP contribution in [0.4, 0.5) is 5.69 Å². The lowest BCUT2D eigenvalue weighted by Crippen LogP contribution is -2.28. The van der Waals surface area contributed by atoms with E-state index < -0.39 is 5.97 Å². The minimum Gasteiger partial charge on any atom is -0.488 e. The molecule has 1 fully saturated rings. The lowest BCUT2D eigenvalue weighted by molar-refractivity contribution is 0.0526. The van der Waals surface area contributed by atoms with Gasteiger partial charge in [0.25, 0.3) is 0 Å². The monoisotopic (exact) mass is 291 g/mol. The van der Waals surface area contributed by atoms with E-state index in [9.17, 15) is 4.79 Å². The highest BCUT2D eigenvalue weighted by Gasteiger charge is 2.28. The number of anilines is 1. The smallest absolute Gasteiger partial charge is 0.340 e. The molecule has 1 aromatic rings. The van der Waals surface area contributed by atoms with Crippen LogP contribution >= 0.6 is 0 Å². The number of nitrogens with two attached hydrogens (primary N) is 1. The molecule has 0 atom stereocenters. The lowest BCUT2D eigenvalue weighted by Gasteiger charge is -2.34. The first-order valence-corrected chi connectivity index (χ1v) is 7.65. The molecule has 1 aromatic carbocycles. The summed E-state index contributed by atoms with van der Waals surface area (Å²) in [6, 6.07) is 5.27. The molecule has 2 rings (SSSR count). The third-order valence-electron chi connectivity index (χ3n) is 4.14. The average Bonchev–Trinajstić information content (AvgIpc) is 2.43. The Morgan fingerprint density at radius 2 is 2.00 bits per heavy atom.